The fourth-order valence-corrected chi connectivity index (χ4v) is 3.27. The third kappa shape index (κ3) is 4.22. The van der Waals surface area contributed by atoms with Crippen LogP contribution in [0.25, 0.3) is 0 Å². The smallest absolute Gasteiger partial charge is 0.368 e. The Hall–Kier alpha value is -2.73. The highest BCUT2D eigenvalue weighted by Gasteiger charge is 2.52. The van der Waals surface area contributed by atoms with E-state index >= 15 is 0 Å². The zero-order valence-electron chi connectivity index (χ0n) is 14.3. The summed E-state index contributed by atoms with van der Waals surface area (Å²) in [5.41, 5.74) is -1.94. The average Bonchev–Trinajstić information content (AvgIpc) is 2.96. The molecular weight excluding hydrogens is 397 g/mol. The molecule has 1 aromatic carbocycles. The quantitative estimate of drug-likeness (QED) is 0.575. The van der Waals surface area contributed by atoms with E-state index in [0.717, 1.165) is 10.8 Å². The molecule has 0 radical (unpaired) electrons. The molecule has 8 nitrogen and oxygen atoms in total. The van der Waals surface area contributed by atoms with E-state index < -0.39 is 50.8 Å². The number of aromatic amines is 1. The summed E-state index contributed by atoms with van der Waals surface area (Å²) < 4.78 is 56.4. The lowest BCUT2D eigenvalue weighted by atomic mass is 10.2. The van der Waals surface area contributed by atoms with E-state index in [2.05, 4.69) is 5.92 Å². The molecule has 11 heteroatoms. The number of hydrogen-bond acceptors (Lipinski definition) is 6. The fraction of sp³-hybridized carbons (Fsp3) is 0.294. The molecule has 1 aromatic heterocycles. The first-order valence-corrected chi connectivity index (χ1v) is 9.27. The van der Waals surface area contributed by atoms with Gasteiger partial charge >= 0.3 is 13.9 Å². The first-order valence-electron chi connectivity index (χ1n) is 8.05. The maximum absolute atomic E-state index is 14.8. The fourth-order valence-electron chi connectivity index (χ4n) is 2.57. The molecule has 0 spiro atoms. The van der Waals surface area contributed by atoms with Crippen LogP contribution >= 0.6 is 8.25 Å². The normalized spacial score (nSPS) is 25.2. The van der Waals surface area contributed by atoms with Gasteiger partial charge in [-0.1, -0.05) is 24.1 Å². The number of nitrogens with zero attached hydrogens (tertiary/aromatic N) is 1. The third-order valence-electron chi connectivity index (χ3n) is 3.97. The van der Waals surface area contributed by atoms with Gasteiger partial charge in [-0.25, -0.2) is 18.1 Å². The molecule has 0 saturated carbocycles. The lowest BCUT2D eigenvalue weighted by molar-refractivity contribution is -0.191. The van der Waals surface area contributed by atoms with E-state index in [1.807, 2.05) is 4.98 Å². The number of ether oxygens (including phenoxy) is 1. The Balaban J connectivity index is 1.69. The van der Waals surface area contributed by atoms with Gasteiger partial charge in [0.1, 0.15) is 24.1 Å². The van der Waals surface area contributed by atoms with E-state index in [4.69, 9.17) is 20.2 Å². The van der Waals surface area contributed by atoms with Gasteiger partial charge in [0.2, 0.25) is 0 Å². The zero-order chi connectivity index (χ0) is 20.3. The molecule has 1 N–H and O–H groups in total. The Morgan fingerprint density at radius 1 is 1.39 bits per heavy atom. The van der Waals surface area contributed by atoms with Crippen LogP contribution in [0.1, 0.15) is 18.2 Å². The molecule has 1 aliphatic heterocycles. The molecule has 1 aliphatic rings. The summed E-state index contributed by atoms with van der Waals surface area (Å²) >= 11 is 0. The number of rotatable bonds is 6. The Labute approximate surface area is 158 Å². The second-order valence-corrected chi connectivity index (χ2v) is 6.86. The van der Waals surface area contributed by atoms with Gasteiger partial charge in [0.15, 0.2) is 6.17 Å². The number of terminal acetylenes is 1. The Morgan fingerprint density at radius 3 is 2.79 bits per heavy atom. The van der Waals surface area contributed by atoms with E-state index in [-0.39, 0.29) is 11.3 Å². The number of para-hydroxylation sites is 1. The van der Waals surface area contributed by atoms with Crippen molar-refractivity contribution in [3.05, 3.63) is 62.9 Å². The minimum Gasteiger partial charge on any atom is -0.426 e. The maximum atomic E-state index is 14.8. The summed E-state index contributed by atoms with van der Waals surface area (Å²) in [4.78, 5) is 25.3. The topological polar surface area (TPSA) is 99.6 Å². The third-order valence-corrected chi connectivity index (χ3v) is 4.76. The van der Waals surface area contributed by atoms with E-state index in [1.165, 1.54) is 12.1 Å². The molecule has 0 bridgehead atoms. The number of aromatic nitrogens is 2. The Kier molecular flexibility index (Phi) is 5.79. The summed E-state index contributed by atoms with van der Waals surface area (Å²) in [7, 11) is -3.17. The van der Waals surface area contributed by atoms with Gasteiger partial charge in [-0.15, -0.1) is 6.42 Å². The summed E-state index contributed by atoms with van der Waals surface area (Å²) in [6.07, 6.45) is 2.03. The molecule has 148 valence electrons. The standard InChI is InChI=1S/C17H15F2N2O6P/c1-2-11-9-21(16(23)20-15(11)22)14-8-13(18)17(19,26-14)10-25-28(24)27-12-6-4-3-5-7-12/h1,3-7,9,13-14,28H,8,10H2,(H,20,22,23)/t13-,14+,17+/m0/s1. The zero-order valence-corrected chi connectivity index (χ0v) is 15.3. The van der Waals surface area contributed by atoms with Gasteiger partial charge < -0.3 is 9.26 Å². The van der Waals surface area contributed by atoms with Crippen molar-refractivity contribution in [2.75, 3.05) is 6.61 Å². The van der Waals surface area contributed by atoms with Gasteiger partial charge in [-0.05, 0) is 12.1 Å². The highest BCUT2D eigenvalue weighted by Crippen LogP contribution is 2.41. The Bertz CT molecular complexity index is 1030. The van der Waals surface area contributed by atoms with Gasteiger partial charge in [-0.3, -0.25) is 18.9 Å². The number of nitrogens with one attached hydrogen (secondary N) is 1. The molecule has 28 heavy (non-hydrogen) atoms. The van der Waals surface area contributed by atoms with E-state index in [0.29, 0.717) is 0 Å². The number of halogens is 2. The Morgan fingerprint density at radius 2 is 2.11 bits per heavy atom. The van der Waals surface area contributed by atoms with Crippen LogP contribution in [0.4, 0.5) is 8.78 Å². The van der Waals surface area contributed by atoms with Crippen LogP contribution in [0.2, 0.25) is 0 Å². The SMILES string of the molecule is C#Cc1cn([C@H]2C[C@H](F)[C@@](F)(CO[PH](=O)Oc3ccccc3)O2)c(=O)[nH]c1=O. The first-order chi connectivity index (χ1) is 13.3. The summed E-state index contributed by atoms with van der Waals surface area (Å²) in [5.74, 6) is -0.666. The van der Waals surface area contributed by atoms with Crippen LogP contribution in [0.3, 0.4) is 0 Å². The molecule has 4 atom stereocenters. The van der Waals surface area contributed by atoms with Gasteiger partial charge in [0.25, 0.3) is 11.4 Å². The average molecular weight is 412 g/mol. The highest BCUT2D eigenvalue weighted by atomic mass is 31.1. The molecule has 1 saturated heterocycles. The number of H-pyrrole nitrogens is 1. The summed E-state index contributed by atoms with van der Waals surface area (Å²) in [6.45, 7) is -1.02. The van der Waals surface area contributed by atoms with Crippen molar-refractivity contribution in [3.8, 4) is 18.1 Å². The van der Waals surface area contributed by atoms with Gasteiger partial charge in [-0.2, -0.15) is 0 Å². The van der Waals surface area contributed by atoms with Crippen LogP contribution in [0, 0.1) is 12.3 Å². The predicted octanol–water partition coefficient (Wildman–Crippen LogP) is 1.93. The highest BCUT2D eigenvalue weighted by molar-refractivity contribution is 7.33. The largest absolute Gasteiger partial charge is 0.426 e. The maximum Gasteiger partial charge on any atom is 0.368 e. The van der Waals surface area contributed by atoms with Crippen molar-refractivity contribution in [1.29, 1.82) is 0 Å². The van der Waals surface area contributed by atoms with Crippen LogP contribution in [0.15, 0.2) is 46.1 Å². The second-order valence-electron chi connectivity index (χ2n) is 5.87. The molecular formula is C17H15F2N2O6P. The minimum atomic E-state index is -3.17. The molecule has 2 aromatic rings. The van der Waals surface area contributed by atoms with Gasteiger partial charge in [0, 0.05) is 12.6 Å². The molecule has 0 aliphatic carbocycles. The molecule has 1 fully saturated rings. The van der Waals surface area contributed by atoms with Crippen molar-refractivity contribution < 1.29 is 27.1 Å². The number of benzene rings is 1. The van der Waals surface area contributed by atoms with E-state index in [1.54, 1.807) is 18.2 Å². The summed E-state index contributed by atoms with van der Waals surface area (Å²) in [6, 6.07) is 8.02. The van der Waals surface area contributed by atoms with Crippen LogP contribution in [-0.4, -0.2) is 28.2 Å². The molecule has 1 unspecified atom stereocenters. The summed E-state index contributed by atoms with van der Waals surface area (Å²) in [5, 5.41) is 0. The van der Waals surface area contributed by atoms with Crippen molar-refractivity contribution >= 4 is 8.25 Å². The first kappa shape index (κ1) is 20.0. The molecule has 0 amide bonds. The van der Waals surface area contributed by atoms with Crippen molar-refractivity contribution in [2.45, 2.75) is 24.7 Å². The monoisotopic (exact) mass is 412 g/mol. The van der Waals surface area contributed by atoms with Crippen LogP contribution in [-0.2, 0) is 13.8 Å². The number of hydrogen-bond donors (Lipinski definition) is 1. The predicted molar refractivity (Wildman–Crippen MR) is 94.8 cm³/mol. The van der Waals surface area contributed by atoms with Crippen molar-refractivity contribution in [2.24, 2.45) is 0 Å². The minimum absolute atomic E-state index is 0.201. The van der Waals surface area contributed by atoms with Crippen LogP contribution < -0.4 is 15.8 Å². The van der Waals surface area contributed by atoms with E-state index in [9.17, 15) is 22.9 Å². The van der Waals surface area contributed by atoms with Crippen molar-refractivity contribution in [1.82, 2.24) is 9.55 Å². The van der Waals surface area contributed by atoms with Crippen molar-refractivity contribution in [3.63, 3.8) is 0 Å². The van der Waals surface area contributed by atoms with Crippen LogP contribution in [0.5, 0.6) is 5.75 Å². The lowest BCUT2D eigenvalue weighted by Crippen LogP contribution is -2.37. The second kappa shape index (κ2) is 8.10. The number of alkyl halides is 2. The van der Waals surface area contributed by atoms with Gasteiger partial charge in [0.05, 0.1) is 0 Å². The molecule has 2 heterocycles. The molecule has 3 rings (SSSR count). The lowest BCUT2D eigenvalue weighted by Gasteiger charge is -2.22.